The van der Waals surface area contributed by atoms with E-state index < -0.39 is 16.6 Å². The predicted octanol–water partition coefficient (Wildman–Crippen LogP) is 9.21. The molecular formula is C34H55NO3Si2. The van der Waals surface area contributed by atoms with Crippen molar-refractivity contribution in [2.45, 2.75) is 124 Å². The zero-order chi connectivity index (χ0) is 28.9. The van der Waals surface area contributed by atoms with E-state index in [1.807, 2.05) is 6.07 Å². The Kier molecular flexibility index (Phi) is 8.41. The normalized spacial score (nSPS) is 38.2. The van der Waals surface area contributed by atoms with E-state index in [0.29, 0.717) is 30.0 Å². The molecule has 0 heterocycles. The van der Waals surface area contributed by atoms with Gasteiger partial charge >= 0.3 is 0 Å². The van der Waals surface area contributed by atoms with E-state index in [1.54, 1.807) is 5.57 Å². The van der Waals surface area contributed by atoms with Gasteiger partial charge in [-0.3, -0.25) is 0 Å². The molecule has 4 aliphatic carbocycles. The Morgan fingerprint density at radius 2 is 1.62 bits per heavy atom. The van der Waals surface area contributed by atoms with E-state index in [0.717, 1.165) is 29.5 Å². The fourth-order valence-corrected chi connectivity index (χ4v) is 11.7. The maximum Gasteiger partial charge on any atom is 0.184 e. The van der Waals surface area contributed by atoms with Crippen LogP contribution >= 0.6 is 0 Å². The van der Waals surface area contributed by atoms with Gasteiger partial charge in [0.25, 0.3) is 0 Å². The Bertz CT molecular complexity index is 1110. The smallest absolute Gasteiger partial charge is 0.184 e. The van der Waals surface area contributed by atoms with Gasteiger partial charge in [0, 0.05) is 12.0 Å². The van der Waals surface area contributed by atoms with Crippen LogP contribution in [0, 0.1) is 34.5 Å². The Hall–Kier alpha value is -1.22. The first kappa shape index (κ1) is 30.2. The molecule has 0 N–H and O–H groups in total. The second-order valence-corrected chi connectivity index (χ2v) is 24.8. The lowest BCUT2D eigenvalue weighted by molar-refractivity contribution is -0.0418. The van der Waals surface area contributed by atoms with Crippen molar-refractivity contribution in [3.63, 3.8) is 0 Å². The summed E-state index contributed by atoms with van der Waals surface area (Å²) in [6.07, 6.45) is 12.0. The van der Waals surface area contributed by atoms with E-state index in [4.69, 9.17) is 18.8 Å². The third-order valence-corrected chi connectivity index (χ3v) is 12.9. The van der Waals surface area contributed by atoms with Crippen molar-refractivity contribution in [1.29, 1.82) is 0 Å². The molecule has 0 radical (unpaired) electrons. The van der Waals surface area contributed by atoms with Crippen LogP contribution < -0.4 is 0 Å². The number of fused-ring (bicyclic) bond motifs is 5. The summed E-state index contributed by atoms with van der Waals surface area (Å²) in [6.45, 7) is 21.9. The van der Waals surface area contributed by atoms with Gasteiger partial charge in [-0.1, -0.05) is 61.0 Å². The van der Waals surface area contributed by atoms with Gasteiger partial charge in [0.1, 0.15) is 6.61 Å². The second kappa shape index (κ2) is 11.1. The summed E-state index contributed by atoms with van der Waals surface area (Å²) >= 11 is 0. The van der Waals surface area contributed by atoms with Gasteiger partial charge in [-0.05, 0) is 125 Å². The van der Waals surface area contributed by atoms with Crippen LogP contribution in [0.4, 0.5) is 0 Å². The highest BCUT2D eigenvalue weighted by atomic mass is 28.4. The van der Waals surface area contributed by atoms with Crippen molar-refractivity contribution < 1.29 is 13.7 Å². The first-order valence-corrected chi connectivity index (χ1v) is 22.8. The number of nitrogens with zero attached hydrogens (tertiary/aromatic N) is 1. The predicted molar refractivity (Wildman–Crippen MR) is 171 cm³/mol. The summed E-state index contributed by atoms with van der Waals surface area (Å²) in [6, 6.07) is 10.4. The van der Waals surface area contributed by atoms with Crippen molar-refractivity contribution in [3.05, 3.63) is 47.5 Å². The van der Waals surface area contributed by atoms with Crippen LogP contribution in [0.2, 0.25) is 39.3 Å². The third-order valence-electron chi connectivity index (χ3n) is 10.8. The summed E-state index contributed by atoms with van der Waals surface area (Å²) in [5, 5.41) is 4.77. The molecule has 4 aliphatic rings. The zero-order valence-corrected chi connectivity index (χ0v) is 28.8. The van der Waals surface area contributed by atoms with Crippen molar-refractivity contribution in [2.24, 2.45) is 39.7 Å². The van der Waals surface area contributed by atoms with Crippen LogP contribution in [0.15, 0.2) is 47.1 Å². The molecule has 0 spiro atoms. The lowest BCUT2D eigenvalue weighted by Crippen LogP contribution is -2.51. The molecule has 40 heavy (non-hydrogen) atoms. The molecule has 2 unspecified atom stereocenters. The van der Waals surface area contributed by atoms with E-state index in [2.05, 4.69) is 90.4 Å². The van der Waals surface area contributed by atoms with Crippen molar-refractivity contribution >= 4 is 22.3 Å². The standard InChI is InChI=1S/C34H55NO3Si2/c1-24(35-36-23-25-13-11-10-12-14-25)32-31(38-40(7,8)9)22-30-28-16-15-26-21-27(37-39(4,5)6)17-19-33(26,2)29(28)18-20-34(30,32)3/h10-15,27-32H,16-23H2,1-9H3/b35-24+/t27?,28-,29+,30+,31?,32+,33+,34+/m1/s1. The first-order valence-electron chi connectivity index (χ1n) is 16.0. The molecule has 0 bridgehead atoms. The maximum atomic E-state index is 7.00. The number of rotatable bonds is 8. The van der Waals surface area contributed by atoms with Crippen LogP contribution in [-0.4, -0.2) is 34.6 Å². The number of hydrogen-bond donors (Lipinski definition) is 0. The van der Waals surface area contributed by atoms with Crippen molar-refractivity contribution in [2.75, 3.05) is 0 Å². The largest absolute Gasteiger partial charge is 0.414 e. The highest BCUT2D eigenvalue weighted by Crippen LogP contribution is 2.67. The van der Waals surface area contributed by atoms with Gasteiger partial charge in [0.05, 0.1) is 11.8 Å². The van der Waals surface area contributed by atoms with E-state index in [-0.39, 0.29) is 11.5 Å². The van der Waals surface area contributed by atoms with Gasteiger partial charge in [-0.15, -0.1) is 0 Å². The lowest BCUT2D eigenvalue weighted by Gasteiger charge is -2.58. The minimum absolute atomic E-state index is 0.203. The molecular weight excluding hydrogens is 527 g/mol. The van der Waals surface area contributed by atoms with Gasteiger partial charge in [0.15, 0.2) is 16.6 Å². The average molecular weight is 582 g/mol. The number of benzene rings is 1. The number of oxime groups is 1. The van der Waals surface area contributed by atoms with Crippen LogP contribution in [-0.2, 0) is 20.3 Å². The Balaban J connectivity index is 1.38. The lowest BCUT2D eigenvalue weighted by atomic mass is 9.47. The highest BCUT2D eigenvalue weighted by molar-refractivity contribution is 6.70. The molecule has 3 fully saturated rings. The quantitative estimate of drug-likeness (QED) is 0.133. The second-order valence-electron chi connectivity index (χ2n) is 15.9. The fourth-order valence-electron chi connectivity index (χ4n) is 9.37. The number of allylic oxidation sites excluding steroid dienone is 1. The van der Waals surface area contributed by atoms with Gasteiger partial charge in [0.2, 0.25) is 0 Å². The van der Waals surface area contributed by atoms with Crippen molar-refractivity contribution in [1.82, 2.24) is 0 Å². The molecule has 0 amide bonds. The summed E-state index contributed by atoms with van der Waals surface area (Å²) in [7, 11) is -3.25. The van der Waals surface area contributed by atoms with Crippen LogP contribution in [0.5, 0.6) is 0 Å². The molecule has 3 saturated carbocycles. The highest BCUT2D eigenvalue weighted by Gasteiger charge is 2.62. The molecule has 8 atom stereocenters. The SMILES string of the molecule is C/C(=N\OCc1ccccc1)[C@H]1C(O[Si](C)(C)C)C[C@H]2[C@@H]3CC=C4CC(O[Si](C)(C)C)CC[C@]4(C)[C@H]3CC[C@]12C. The molecule has 5 rings (SSSR count). The minimum atomic E-state index is -1.72. The molecule has 1 aromatic rings. The number of hydrogen-bond acceptors (Lipinski definition) is 4. The molecule has 6 heteroatoms. The maximum absolute atomic E-state index is 7.00. The first-order chi connectivity index (χ1) is 18.7. The summed E-state index contributed by atoms with van der Waals surface area (Å²) in [4.78, 5) is 5.96. The molecule has 0 aliphatic heterocycles. The van der Waals surface area contributed by atoms with Crippen molar-refractivity contribution in [3.8, 4) is 0 Å². The van der Waals surface area contributed by atoms with Gasteiger partial charge in [-0.2, -0.15) is 0 Å². The summed E-state index contributed by atoms with van der Waals surface area (Å²) in [5.74, 6) is 2.50. The van der Waals surface area contributed by atoms with Gasteiger partial charge < -0.3 is 13.7 Å². The Morgan fingerprint density at radius 1 is 0.925 bits per heavy atom. The Labute approximate surface area is 246 Å². The monoisotopic (exact) mass is 581 g/mol. The van der Waals surface area contributed by atoms with Gasteiger partial charge in [-0.25, -0.2) is 0 Å². The van der Waals surface area contributed by atoms with E-state index in [9.17, 15) is 0 Å². The molecule has 0 saturated heterocycles. The molecule has 4 nitrogen and oxygen atoms in total. The molecule has 1 aromatic carbocycles. The minimum Gasteiger partial charge on any atom is -0.414 e. The molecule has 222 valence electrons. The molecule has 0 aromatic heterocycles. The van der Waals surface area contributed by atoms with Crippen LogP contribution in [0.25, 0.3) is 0 Å². The Morgan fingerprint density at radius 3 is 2.30 bits per heavy atom. The average Bonchev–Trinajstić information content (AvgIpc) is 3.14. The summed E-state index contributed by atoms with van der Waals surface area (Å²) in [5.41, 5.74) is 4.54. The summed E-state index contributed by atoms with van der Waals surface area (Å²) < 4.78 is 13.6. The van der Waals surface area contributed by atoms with Crippen LogP contribution in [0.3, 0.4) is 0 Å². The van der Waals surface area contributed by atoms with E-state index >= 15 is 0 Å². The van der Waals surface area contributed by atoms with E-state index in [1.165, 1.54) is 38.5 Å². The topological polar surface area (TPSA) is 40.0 Å². The van der Waals surface area contributed by atoms with Crippen LogP contribution in [0.1, 0.15) is 71.3 Å². The zero-order valence-electron chi connectivity index (χ0n) is 26.8. The third kappa shape index (κ3) is 6.11. The fraction of sp³-hybridized carbons (Fsp3) is 0.735.